The fourth-order valence-electron chi connectivity index (χ4n) is 3.17. The number of hydrogen-bond donors (Lipinski definition) is 2. The zero-order valence-corrected chi connectivity index (χ0v) is 13.6. The largest absolute Gasteiger partial charge is 0.360 e. The van der Waals surface area contributed by atoms with Crippen molar-refractivity contribution in [2.24, 2.45) is 0 Å². The molecule has 2 aromatic rings. The molecule has 0 radical (unpaired) electrons. The maximum absolute atomic E-state index is 12.5. The van der Waals surface area contributed by atoms with Gasteiger partial charge in [0.15, 0.2) is 0 Å². The molecular weight excluding hydrogens is 336 g/mol. The Balaban J connectivity index is 1.57. The summed E-state index contributed by atoms with van der Waals surface area (Å²) in [6, 6.07) is 8.23. The Morgan fingerprint density at radius 1 is 1.42 bits per heavy atom. The summed E-state index contributed by atoms with van der Waals surface area (Å²) in [4.78, 5) is 27.9. The molecule has 0 spiro atoms. The lowest BCUT2D eigenvalue weighted by Crippen LogP contribution is -2.33. The minimum Gasteiger partial charge on any atom is -0.360 e. The van der Waals surface area contributed by atoms with Gasteiger partial charge in [-0.3, -0.25) is 4.79 Å². The van der Waals surface area contributed by atoms with Crippen molar-refractivity contribution >= 4 is 28.9 Å². The number of hydrogen-bond acceptors (Lipinski definition) is 7. The van der Waals surface area contributed by atoms with Crippen LogP contribution >= 0.6 is 0 Å². The van der Waals surface area contributed by atoms with Crippen molar-refractivity contribution in [3.63, 3.8) is 0 Å². The third-order valence-electron chi connectivity index (χ3n) is 4.39. The fourth-order valence-corrected chi connectivity index (χ4v) is 3.17. The number of aromatic nitrogens is 4. The number of nitrogens with one attached hydrogen (secondary N) is 2. The molecular formula is C16H14N8O2. The number of aromatic amines is 1. The van der Waals surface area contributed by atoms with E-state index in [2.05, 4.69) is 25.9 Å². The number of nitriles is 1. The normalized spacial score (nSPS) is 19.7. The lowest BCUT2D eigenvalue weighted by Gasteiger charge is -2.16. The molecule has 2 N–H and O–H groups in total. The minimum atomic E-state index is -0.345. The monoisotopic (exact) mass is 350 g/mol. The van der Waals surface area contributed by atoms with Gasteiger partial charge in [0.1, 0.15) is 17.7 Å². The second-order valence-corrected chi connectivity index (χ2v) is 5.91. The highest BCUT2D eigenvalue weighted by molar-refractivity contribution is 6.21. The molecule has 2 fully saturated rings. The van der Waals surface area contributed by atoms with Crippen LogP contribution in [0.4, 0.5) is 16.2 Å². The van der Waals surface area contributed by atoms with E-state index in [0.29, 0.717) is 24.3 Å². The number of rotatable bonds is 4. The van der Waals surface area contributed by atoms with E-state index in [1.54, 1.807) is 29.2 Å². The molecule has 2 saturated heterocycles. The van der Waals surface area contributed by atoms with Crippen molar-refractivity contribution < 1.29 is 9.59 Å². The maximum atomic E-state index is 12.5. The van der Waals surface area contributed by atoms with Gasteiger partial charge in [0.05, 0.1) is 5.69 Å². The number of imide groups is 1. The SMILES string of the molecule is N#CC(=CNc1cccc(N2C(=O)C3CCCN3C2=O)c1)c1nn[nH]n1. The van der Waals surface area contributed by atoms with E-state index >= 15 is 0 Å². The van der Waals surface area contributed by atoms with Crippen molar-refractivity contribution in [2.75, 3.05) is 16.8 Å². The van der Waals surface area contributed by atoms with Crippen LogP contribution in [0.3, 0.4) is 0 Å². The molecule has 1 aromatic heterocycles. The Morgan fingerprint density at radius 3 is 3.04 bits per heavy atom. The van der Waals surface area contributed by atoms with Crippen LogP contribution in [0.25, 0.3) is 5.57 Å². The van der Waals surface area contributed by atoms with Crippen molar-refractivity contribution in [1.29, 1.82) is 5.26 Å². The number of tetrazole rings is 1. The lowest BCUT2D eigenvalue weighted by molar-refractivity contribution is -0.119. The molecule has 1 atom stereocenters. The van der Waals surface area contributed by atoms with Crippen LogP contribution in [-0.2, 0) is 4.79 Å². The van der Waals surface area contributed by atoms with Crippen LogP contribution in [-0.4, -0.2) is 50.0 Å². The Kier molecular flexibility index (Phi) is 3.81. The van der Waals surface area contributed by atoms with Crippen molar-refractivity contribution in [1.82, 2.24) is 25.5 Å². The van der Waals surface area contributed by atoms with E-state index in [0.717, 1.165) is 6.42 Å². The molecule has 26 heavy (non-hydrogen) atoms. The summed E-state index contributed by atoms with van der Waals surface area (Å²) in [5.41, 5.74) is 1.30. The molecule has 1 aromatic carbocycles. The highest BCUT2D eigenvalue weighted by Crippen LogP contribution is 2.32. The molecule has 2 aliphatic rings. The molecule has 1 unspecified atom stereocenters. The van der Waals surface area contributed by atoms with E-state index in [4.69, 9.17) is 0 Å². The minimum absolute atomic E-state index is 0.168. The number of benzene rings is 1. The van der Waals surface area contributed by atoms with Crippen LogP contribution in [0.5, 0.6) is 0 Å². The first-order valence-electron chi connectivity index (χ1n) is 8.04. The summed E-state index contributed by atoms with van der Waals surface area (Å²) in [6.45, 7) is 0.614. The smallest absolute Gasteiger partial charge is 0.332 e. The van der Waals surface area contributed by atoms with Crippen molar-refractivity contribution in [3.05, 3.63) is 36.3 Å². The number of amides is 3. The topological polar surface area (TPSA) is 131 Å². The third kappa shape index (κ3) is 2.55. The number of carbonyl (C=O) groups is 2. The second-order valence-electron chi connectivity index (χ2n) is 5.91. The first kappa shape index (κ1) is 15.8. The Labute approximate surface area is 148 Å². The van der Waals surface area contributed by atoms with Gasteiger partial charge >= 0.3 is 6.03 Å². The van der Waals surface area contributed by atoms with E-state index in [-0.39, 0.29) is 29.4 Å². The number of nitrogens with zero attached hydrogens (tertiary/aromatic N) is 6. The predicted octanol–water partition coefficient (Wildman–Crippen LogP) is 1.11. The molecule has 0 bridgehead atoms. The molecule has 4 rings (SSSR count). The average Bonchev–Trinajstić information content (AvgIpc) is 3.38. The molecule has 10 nitrogen and oxygen atoms in total. The lowest BCUT2D eigenvalue weighted by atomic mass is 10.2. The summed E-state index contributed by atoms with van der Waals surface area (Å²) in [7, 11) is 0. The van der Waals surface area contributed by atoms with Crippen LogP contribution in [0.2, 0.25) is 0 Å². The average molecular weight is 350 g/mol. The van der Waals surface area contributed by atoms with Gasteiger partial charge < -0.3 is 10.2 Å². The second kappa shape index (κ2) is 6.29. The van der Waals surface area contributed by atoms with E-state index in [1.165, 1.54) is 11.1 Å². The predicted molar refractivity (Wildman–Crippen MR) is 90.4 cm³/mol. The van der Waals surface area contributed by atoms with E-state index < -0.39 is 0 Å². The first-order valence-corrected chi connectivity index (χ1v) is 8.04. The van der Waals surface area contributed by atoms with Crippen molar-refractivity contribution in [3.8, 4) is 6.07 Å². The first-order chi connectivity index (χ1) is 12.7. The number of urea groups is 1. The van der Waals surface area contributed by atoms with Gasteiger partial charge in [0.25, 0.3) is 5.91 Å². The van der Waals surface area contributed by atoms with E-state index in [9.17, 15) is 14.9 Å². The zero-order chi connectivity index (χ0) is 18.1. The number of anilines is 2. The maximum Gasteiger partial charge on any atom is 0.332 e. The Bertz CT molecular complexity index is 908. The van der Waals surface area contributed by atoms with Gasteiger partial charge in [-0.15, -0.1) is 10.2 Å². The molecule has 3 heterocycles. The fraction of sp³-hybridized carbons (Fsp3) is 0.250. The van der Waals surface area contributed by atoms with Crippen LogP contribution in [0, 0.1) is 11.3 Å². The summed E-state index contributed by atoms with van der Waals surface area (Å²) in [5.74, 6) is -0.0219. The van der Waals surface area contributed by atoms with Gasteiger partial charge in [-0.25, -0.2) is 9.69 Å². The summed E-state index contributed by atoms with van der Waals surface area (Å²) >= 11 is 0. The quantitative estimate of drug-likeness (QED) is 0.623. The van der Waals surface area contributed by atoms with Gasteiger partial charge in [-0.05, 0) is 36.3 Å². The molecule has 0 aliphatic carbocycles. The van der Waals surface area contributed by atoms with Gasteiger partial charge in [-0.2, -0.15) is 10.5 Å². The number of carbonyl (C=O) groups excluding carboxylic acids is 2. The van der Waals surface area contributed by atoms with Crippen LogP contribution < -0.4 is 10.2 Å². The Hall–Kier alpha value is -3.74. The molecule has 130 valence electrons. The highest BCUT2D eigenvalue weighted by Gasteiger charge is 2.47. The standard InChI is InChI=1S/C16H14N8O2/c17-8-10(14-19-21-22-20-14)9-18-11-3-1-4-12(7-11)24-15(25)13-5-2-6-23(13)16(24)26/h1,3-4,7,9,13,18H,2,5-6H2,(H,19,20,21,22). The van der Waals surface area contributed by atoms with Gasteiger partial charge in [-0.1, -0.05) is 6.07 Å². The van der Waals surface area contributed by atoms with Gasteiger partial charge in [0.2, 0.25) is 5.82 Å². The summed E-state index contributed by atoms with van der Waals surface area (Å²) in [6.07, 6.45) is 3.00. The van der Waals surface area contributed by atoms with Crippen molar-refractivity contribution in [2.45, 2.75) is 18.9 Å². The van der Waals surface area contributed by atoms with Gasteiger partial charge in [0, 0.05) is 18.4 Å². The summed E-state index contributed by atoms with van der Waals surface area (Å²) in [5, 5.41) is 25.3. The Morgan fingerprint density at radius 2 is 2.31 bits per heavy atom. The van der Waals surface area contributed by atoms with E-state index in [1.807, 2.05) is 6.07 Å². The van der Waals surface area contributed by atoms with Crippen LogP contribution in [0.15, 0.2) is 30.5 Å². The van der Waals surface area contributed by atoms with Crippen LogP contribution in [0.1, 0.15) is 18.7 Å². The number of allylic oxidation sites excluding steroid dienone is 1. The molecule has 3 amide bonds. The number of fused-ring (bicyclic) bond motifs is 1. The highest BCUT2D eigenvalue weighted by atomic mass is 16.2. The molecule has 2 aliphatic heterocycles. The zero-order valence-electron chi connectivity index (χ0n) is 13.6. The third-order valence-corrected chi connectivity index (χ3v) is 4.39. The molecule has 0 saturated carbocycles. The summed E-state index contributed by atoms with van der Waals surface area (Å²) < 4.78 is 0. The number of H-pyrrole nitrogens is 1. The molecule has 10 heteroatoms.